The lowest BCUT2D eigenvalue weighted by Gasteiger charge is -2.04. The minimum atomic E-state index is -1.27. The van der Waals surface area contributed by atoms with Gasteiger partial charge >= 0.3 is 5.97 Å². The Morgan fingerprint density at radius 2 is 2.12 bits per heavy atom. The summed E-state index contributed by atoms with van der Waals surface area (Å²) >= 11 is 0. The molecule has 4 nitrogen and oxygen atoms in total. The highest BCUT2D eigenvalue weighted by Crippen LogP contribution is 2.32. The van der Waals surface area contributed by atoms with E-state index in [-0.39, 0.29) is 16.9 Å². The molecule has 2 rings (SSSR count). The van der Waals surface area contributed by atoms with Crippen LogP contribution >= 0.6 is 0 Å². The normalized spacial score (nSPS) is 10.3. The van der Waals surface area contributed by atoms with Gasteiger partial charge in [0.2, 0.25) is 0 Å². The van der Waals surface area contributed by atoms with Gasteiger partial charge in [0, 0.05) is 0 Å². The zero-order chi connectivity index (χ0) is 11.7. The average molecular weight is 222 g/mol. The maximum atomic E-state index is 13.2. The SMILES string of the molecule is O=C(O)c1cc(F)c(O)c(-c2ccco2)c1. The van der Waals surface area contributed by atoms with Crippen LogP contribution in [0.5, 0.6) is 5.75 Å². The Labute approximate surface area is 89.6 Å². The number of carboxylic acids is 1. The van der Waals surface area contributed by atoms with Crippen molar-refractivity contribution in [2.75, 3.05) is 0 Å². The maximum Gasteiger partial charge on any atom is 0.335 e. The monoisotopic (exact) mass is 222 g/mol. The van der Waals surface area contributed by atoms with Crippen molar-refractivity contribution >= 4 is 5.97 Å². The van der Waals surface area contributed by atoms with Crippen LogP contribution in [0.2, 0.25) is 0 Å². The molecule has 2 N–H and O–H groups in total. The van der Waals surface area contributed by atoms with Gasteiger partial charge in [-0.15, -0.1) is 0 Å². The lowest BCUT2D eigenvalue weighted by atomic mass is 10.1. The first kappa shape index (κ1) is 10.2. The summed E-state index contributed by atoms with van der Waals surface area (Å²) in [4.78, 5) is 10.7. The number of phenolic OH excluding ortho intramolecular Hbond substituents is 1. The fraction of sp³-hybridized carbons (Fsp3) is 0. The zero-order valence-electron chi connectivity index (χ0n) is 7.98. The minimum absolute atomic E-state index is 0.0161. The van der Waals surface area contributed by atoms with Crippen LogP contribution in [-0.2, 0) is 0 Å². The first-order valence-electron chi connectivity index (χ1n) is 4.39. The van der Waals surface area contributed by atoms with Crippen molar-refractivity contribution in [3.8, 4) is 17.1 Å². The van der Waals surface area contributed by atoms with Crippen LogP contribution in [0.15, 0.2) is 34.9 Å². The van der Waals surface area contributed by atoms with Crippen LogP contribution in [0.3, 0.4) is 0 Å². The van der Waals surface area contributed by atoms with E-state index in [1.807, 2.05) is 0 Å². The highest BCUT2D eigenvalue weighted by atomic mass is 19.1. The van der Waals surface area contributed by atoms with Gasteiger partial charge in [0.1, 0.15) is 5.76 Å². The molecule has 0 spiro atoms. The van der Waals surface area contributed by atoms with Gasteiger partial charge in [0.05, 0.1) is 17.4 Å². The zero-order valence-corrected chi connectivity index (χ0v) is 7.98. The van der Waals surface area contributed by atoms with E-state index in [0.717, 1.165) is 12.1 Å². The van der Waals surface area contributed by atoms with Crippen LogP contribution in [0.25, 0.3) is 11.3 Å². The third-order valence-electron chi connectivity index (χ3n) is 2.10. The molecule has 82 valence electrons. The van der Waals surface area contributed by atoms with Gasteiger partial charge in [0.15, 0.2) is 11.6 Å². The van der Waals surface area contributed by atoms with Gasteiger partial charge in [0.25, 0.3) is 0 Å². The lowest BCUT2D eigenvalue weighted by molar-refractivity contribution is 0.0696. The number of halogens is 1. The topological polar surface area (TPSA) is 70.7 Å². The van der Waals surface area contributed by atoms with Gasteiger partial charge in [-0.25, -0.2) is 9.18 Å². The Kier molecular flexibility index (Phi) is 2.36. The summed E-state index contributed by atoms with van der Waals surface area (Å²) < 4.78 is 18.2. The van der Waals surface area contributed by atoms with Crippen molar-refractivity contribution < 1.29 is 23.8 Å². The Hall–Kier alpha value is -2.30. The Morgan fingerprint density at radius 3 is 2.69 bits per heavy atom. The quantitative estimate of drug-likeness (QED) is 0.818. The molecule has 0 bridgehead atoms. The van der Waals surface area contributed by atoms with E-state index in [0.29, 0.717) is 0 Å². The second-order valence-electron chi connectivity index (χ2n) is 3.14. The number of hydrogen-bond acceptors (Lipinski definition) is 3. The van der Waals surface area contributed by atoms with Crippen LogP contribution in [0.4, 0.5) is 4.39 Å². The number of carboxylic acid groups (broad SMARTS) is 1. The summed E-state index contributed by atoms with van der Waals surface area (Å²) in [6, 6.07) is 4.96. The van der Waals surface area contributed by atoms with Crippen LogP contribution in [0, 0.1) is 5.82 Å². The van der Waals surface area contributed by atoms with Crippen molar-refractivity contribution in [1.82, 2.24) is 0 Å². The first-order chi connectivity index (χ1) is 7.59. The van der Waals surface area contributed by atoms with E-state index < -0.39 is 17.5 Å². The second-order valence-corrected chi connectivity index (χ2v) is 3.14. The van der Waals surface area contributed by atoms with Gasteiger partial charge < -0.3 is 14.6 Å². The van der Waals surface area contributed by atoms with Gasteiger partial charge in [-0.1, -0.05) is 0 Å². The summed E-state index contributed by atoms with van der Waals surface area (Å²) in [5.41, 5.74) is -0.232. The van der Waals surface area contributed by atoms with Gasteiger partial charge in [-0.05, 0) is 24.3 Å². The highest BCUT2D eigenvalue weighted by Gasteiger charge is 2.16. The summed E-state index contributed by atoms with van der Waals surface area (Å²) in [5, 5.41) is 18.2. The Bertz CT molecular complexity index is 531. The molecule has 1 aromatic heterocycles. The Morgan fingerprint density at radius 1 is 1.38 bits per heavy atom. The molecular formula is C11H7FO4. The van der Waals surface area contributed by atoms with Crippen LogP contribution < -0.4 is 0 Å². The van der Waals surface area contributed by atoms with E-state index in [9.17, 15) is 14.3 Å². The number of phenols is 1. The molecule has 0 radical (unpaired) electrons. The molecule has 5 heteroatoms. The van der Waals surface area contributed by atoms with E-state index in [4.69, 9.17) is 9.52 Å². The van der Waals surface area contributed by atoms with Crippen molar-refractivity contribution in [3.63, 3.8) is 0 Å². The van der Waals surface area contributed by atoms with Crippen molar-refractivity contribution in [2.24, 2.45) is 0 Å². The molecule has 0 amide bonds. The Balaban J connectivity index is 2.65. The summed E-state index contributed by atoms with van der Waals surface area (Å²) in [6.45, 7) is 0. The number of aromatic carboxylic acids is 1. The molecule has 0 aliphatic heterocycles. The third kappa shape index (κ3) is 1.63. The molecule has 16 heavy (non-hydrogen) atoms. The fourth-order valence-corrected chi connectivity index (χ4v) is 1.34. The summed E-state index contributed by atoms with van der Waals surface area (Å²) in [7, 11) is 0. The predicted molar refractivity (Wildman–Crippen MR) is 52.7 cm³/mol. The van der Waals surface area contributed by atoms with Gasteiger partial charge in [-0.2, -0.15) is 0 Å². The third-order valence-corrected chi connectivity index (χ3v) is 2.10. The fourth-order valence-electron chi connectivity index (χ4n) is 1.34. The number of furan rings is 1. The molecule has 0 saturated carbocycles. The largest absolute Gasteiger partial charge is 0.504 e. The van der Waals surface area contributed by atoms with Crippen molar-refractivity contribution in [3.05, 3.63) is 41.9 Å². The second kappa shape index (κ2) is 3.69. The molecule has 1 heterocycles. The molecule has 0 aliphatic rings. The lowest BCUT2D eigenvalue weighted by Crippen LogP contribution is -1.98. The van der Waals surface area contributed by atoms with E-state index in [1.54, 1.807) is 6.07 Å². The highest BCUT2D eigenvalue weighted by molar-refractivity contribution is 5.90. The van der Waals surface area contributed by atoms with Crippen LogP contribution in [-0.4, -0.2) is 16.2 Å². The minimum Gasteiger partial charge on any atom is -0.504 e. The van der Waals surface area contributed by atoms with E-state index in [2.05, 4.69) is 0 Å². The summed E-state index contributed by atoms with van der Waals surface area (Å²) in [6.07, 6.45) is 1.35. The summed E-state index contributed by atoms with van der Waals surface area (Å²) in [5.74, 6) is -2.68. The van der Waals surface area contributed by atoms with E-state index >= 15 is 0 Å². The number of hydrogen-bond donors (Lipinski definition) is 2. The number of carbonyl (C=O) groups is 1. The standard InChI is InChI=1S/C11H7FO4/c12-8-5-6(11(14)15)4-7(10(8)13)9-2-1-3-16-9/h1-5,13H,(H,14,15). The van der Waals surface area contributed by atoms with E-state index in [1.165, 1.54) is 12.3 Å². The number of benzene rings is 1. The molecular weight excluding hydrogens is 215 g/mol. The molecule has 0 fully saturated rings. The molecule has 0 unspecified atom stereocenters. The molecule has 0 aliphatic carbocycles. The smallest absolute Gasteiger partial charge is 0.335 e. The number of rotatable bonds is 2. The molecule has 0 atom stereocenters. The molecule has 2 aromatic rings. The van der Waals surface area contributed by atoms with Crippen molar-refractivity contribution in [1.29, 1.82) is 0 Å². The first-order valence-corrected chi connectivity index (χ1v) is 4.39. The molecule has 1 aromatic carbocycles. The maximum absolute atomic E-state index is 13.2. The van der Waals surface area contributed by atoms with Crippen molar-refractivity contribution in [2.45, 2.75) is 0 Å². The molecule has 0 saturated heterocycles. The van der Waals surface area contributed by atoms with Crippen LogP contribution in [0.1, 0.15) is 10.4 Å². The van der Waals surface area contributed by atoms with Gasteiger partial charge in [-0.3, -0.25) is 0 Å². The number of aromatic hydroxyl groups is 1. The predicted octanol–water partition coefficient (Wildman–Crippen LogP) is 2.49. The average Bonchev–Trinajstić information content (AvgIpc) is 2.74.